The summed E-state index contributed by atoms with van der Waals surface area (Å²) in [5.74, 6) is 0.923. The SMILES string of the molecule is CC(C)NCc1ccc(OCCCCCO)cc1. The van der Waals surface area contributed by atoms with Crippen molar-refractivity contribution in [2.45, 2.75) is 45.7 Å². The van der Waals surface area contributed by atoms with Gasteiger partial charge >= 0.3 is 0 Å². The van der Waals surface area contributed by atoms with E-state index in [-0.39, 0.29) is 6.61 Å². The normalized spacial score (nSPS) is 10.9. The molecule has 102 valence electrons. The van der Waals surface area contributed by atoms with Crippen LogP contribution in [0.25, 0.3) is 0 Å². The minimum absolute atomic E-state index is 0.275. The quantitative estimate of drug-likeness (QED) is 0.663. The summed E-state index contributed by atoms with van der Waals surface area (Å²) >= 11 is 0. The first-order valence-electron chi connectivity index (χ1n) is 6.78. The summed E-state index contributed by atoms with van der Waals surface area (Å²) < 4.78 is 5.63. The monoisotopic (exact) mass is 251 g/mol. The van der Waals surface area contributed by atoms with Crippen molar-refractivity contribution >= 4 is 0 Å². The highest BCUT2D eigenvalue weighted by molar-refractivity contribution is 5.27. The van der Waals surface area contributed by atoms with Crippen molar-refractivity contribution in [1.29, 1.82) is 0 Å². The summed E-state index contributed by atoms with van der Waals surface area (Å²) in [7, 11) is 0. The van der Waals surface area contributed by atoms with Gasteiger partial charge in [-0.2, -0.15) is 0 Å². The van der Waals surface area contributed by atoms with Gasteiger partial charge < -0.3 is 15.2 Å². The van der Waals surface area contributed by atoms with Crippen LogP contribution in [0.3, 0.4) is 0 Å². The van der Waals surface area contributed by atoms with E-state index >= 15 is 0 Å². The van der Waals surface area contributed by atoms with Gasteiger partial charge in [-0.15, -0.1) is 0 Å². The Hall–Kier alpha value is -1.06. The van der Waals surface area contributed by atoms with Gasteiger partial charge in [0.25, 0.3) is 0 Å². The number of rotatable bonds is 9. The summed E-state index contributed by atoms with van der Waals surface area (Å²) in [6.07, 6.45) is 2.88. The Kier molecular flexibility index (Phi) is 7.46. The van der Waals surface area contributed by atoms with Crippen LogP contribution in [0.1, 0.15) is 38.7 Å². The van der Waals surface area contributed by atoms with Gasteiger partial charge in [-0.1, -0.05) is 26.0 Å². The zero-order chi connectivity index (χ0) is 13.2. The highest BCUT2D eigenvalue weighted by Crippen LogP contribution is 2.12. The lowest BCUT2D eigenvalue weighted by molar-refractivity contribution is 0.266. The number of hydrogen-bond acceptors (Lipinski definition) is 3. The second kappa shape index (κ2) is 8.95. The largest absolute Gasteiger partial charge is 0.494 e. The third-order valence-corrected chi connectivity index (χ3v) is 2.71. The van der Waals surface area contributed by atoms with Gasteiger partial charge in [0, 0.05) is 19.2 Å². The average molecular weight is 251 g/mol. The number of benzene rings is 1. The lowest BCUT2D eigenvalue weighted by Gasteiger charge is -2.09. The standard InChI is InChI=1S/C15H25NO2/c1-13(2)16-12-14-6-8-15(9-7-14)18-11-5-3-4-10-17/h6-9,13,16-17H,3-5,10-12H2,1-2H3. The minimum atomic E-state index is 0.275. The lowest BCUT2D eigenvalue weighted by atomic mass is 10.2. The van der Waals surface area contributed by atoms with Gasteiger partial charge in [0.15, 0.2) is 0 Å². The van der Waals surface area contributed by atoms with Gasteiger partial charge in [0.05, 0.1) is 6.61 Å². The molecule has 2 N–H and O–H groups in total. The molecule has 0 spiro atoms. The van der Waals surface area contributed by atoms with Crippen molar-refractivity contribution in [3.8, 4) is 5.75 Å². The maximum absolute atomic E-state index is 8.66. The van der Waals surface area contributed by atoms with Gasteiger partial charge in [-0.3, -0.25) is 0 Å². The highest BCUT2D eigenvalue weighted by Gasteiger charge is 1.97. The summed E-state index contributed by atoms with van der Waals surface area (Å²) in [5, 5.41) is 12.0. The molecule has 0 heterocycles. The molecule has 1 rings (SSSR count). The van der Waals surface area contributed by atoms with Crippen LogP contribution in [0.2, 0.25) is 0 Å². The molecule has 0 saturated carbocycles. The molecule has 1 aromatic carbocycles. The zero-order valence-electron chi connectivity index (χ0n) is 11.5. The van der Waals surface area contributed by atoms with Crippen LogP contribution >= 0.6 is 0 Å². The predicted molar refractivity (Wildman–Crippen MR) is 74.8 cm³/mol. The summed E-state index contributed by atoms with van der Waals surface area (Å²) in [5.41, 5.74) is 1.27. The molecule has 0 unspecified atom stereocenters. The number of hydrogen-bond donors (Lipinski definition) is 2. The fourth-order valence-electron chi connectivity index (χ4n) is 1.61. The van der Waals surface area contributed by atoms with E-state index in [2.05, 4.69) is 31.3 Å². The van der Waals surface area contributed by atoms with Crippen LogP contribution < -0.4 is 10.1 Å². The fourth-order valence-corrected chi connectivity index (χ4v) is 1.61. The van der Waals surface area contributed by atoms with Crippen molar-refractivity contribution in [2.24, 2.45) is 0 Å². The molecule has 0 aliphatic carbocycles. The molecule has 1 aromatic rings. The number of ether oxygens (including phenoxy) is 1. The van der Waals surface area contributed by atoms with E-state index in [1.165, 1.54) is 5.56 Å². The molecule has 18 heavy (non-hydrogen) atoms. The summed E-state index contributed by atoms with van der Waals surface area (Å²) in [6, 6.07) is 8.73. The van der Waals surface area contributed by atoms with Crippen molar-refractivity contribution in [2.75, 3.05) is 13.2 Å². The third-order valence-electron chi connectivity index (χ3n) is 2.71. The maximum atomic E-state index is 8.66. The molecule has 0 amide bonds. The molecule has 3 nitrogen and oxygen atoms in total. The van der Waals surface area contributed by atoms with Crippen LogP contribution in [-0.4, -0.2) is 24.4 Å². The molecular weight excluding hydrogens is 226 g/mol. The van der Waals surface area contributed by atoms with E-state index in [1.54, 1.807) is 0 Å². The second-order valence-corrected chi connectivity index (χ2v) is 4.81. The van der Waals surface area contributed by atoms with Crippen molar-refractivity contribution in [3.63, 3.8) is 0 Å². The van der Waals surface area contributed by atoms with Gasteiger partial charge in [0.2, 0.25) is 0 Å². The molecule has 0 bridgehead atoms. The molecule has 0 atom stereocenters. The minimum Gasteiger partial charge on any atom is -0.494 e. The Labute approximate surface area is 110 Å². The predicted octanol–water partition coefficient (Wildman–Crippen LogP) is 2.73. The first-order chi connectivity index (χ1) is 8.72. The number of unbranched alkanes of at least 4 members (excludes halogenated alkanes) is 2. The molecule has 0 aromatic heterocycles. The third kappa shape index (κ3) is 6.62. The van der Waals surface area contributed by atoms with Crippen LogP contribution in [-0.2, 0) is 6.54 Å². The van der Waals surface area contributed by atoms with Gasteiger partial charge in [0.1, 0.15) is 5.75 Å². The Morgan fingerprint density at radius 1 is 1.11 bits per heavy atom. The van der Waals surface area contributed by atoms with Gasteiger partial charge in [-0.05, 0) is 37.0 Å². The van der Waals surface area contributed by atoms with E-state index < -0.39 is 0 Å². The number of aliphatic hydroxyl groups is 1. The molecule has 0 radical (unpaired) electrons. The highest BCUT2D eigenvalue weighted by atomic mass is 16.5. The van der Waals surface area contributed by atoms with E-state index in [9.17, 15) is 0 Å². The lowest BCUT2D eigenvalue weighted by Crippen LogP contribution is -2.21. The topological polar surface area (TPSA) is 41.5 Å². The van der Waals surface area contributed by atoms with E-state index in [1.807, 2.05) is 12.1 Å². The first kappa shape index (κ1) is 15.0. The second-order valence-electron chi connectivity index (χ2n) is 4.81. The van der Waals surface area contributed by atoms with Gasteiger partial charge in [-0.25, -0.2) is 0 Å². The van der Waals surface area contributed by atoms with E-state index in [0.29, 0.717) is 6.04 Å². The average Bonchev–Trinajstić information content (AvgIpc) is 2.37. The molecule has 0 aliphatic heterocycles. The van der Waals surface area contributed by atoms with Crippen molar-refractivity contribution in [3.05, 3.63) is 29.8 Å². The van der Waals surface area contributed by atoms with Crippen molar-refractivity contribution in [1.82, 2.24) is 5.32 Å². The van der Waals surface area contributed by atoms with Crippen molar-refractivity contribution < 1.29 is 9.84 Å². The summed E-state index contributed by atoms with van der Waals surface area (Å²) in [4.78, 5) is 0. The first-order valence-corrected chi connectivity index (χ1v) is 6.78. The van der Waals surface area contributed by atoms with E-state index in [4.69, 9.17) is 9.84 Å². The van der Waals surface area contributed by atoms with Crippen LogP contribution in [0.15, 0.2) is 24.3 Å². The number of aliphatic hydroxyl groups excluding tert-OH is 1. The Morgan fingerprint density at radius 2 is 1.83 bits per heavy atom. The molecule has 0 saturated heterocycles. The fraction of sp³-hybridized carbons (Fsp3) is 0.600. The smallest absolute Gasteiger partial charge is 0.119 e. The molecular formula is C15H25NO2. The molecule has 3 heteroatoms. The Balaban J connectivity index is 2.23. The Bertz CT molecular complexity index is 309. The summed E-state index contributed by atoms with van der Waals surface area (Å²) in [6.45, 7) is 6.18. The molecule has 0 fully saturated rings. The van der Waals surface area contributed by atoms with Crippen LogP contribution in [0.4, 0.5) is 0 Å². The number of nitrogens with one attached hydrogen (secondary N) is 1. The molecule has 0 aliphatic rings. The zero-order valence-corrected chi connectivity index (χ0v) is 11.5. The van der Waals surface area contributed by atoms with Crippen LogP contribution in [0.5, 0.6) is 5.75 Å². The maximum Gasteiger partial charge on any atom is 0.119 e. The van der Waals surface area contributed by atoms with E-state index in [0.717, 1.165) is 38.2 Å². The Morgan fingerprint density at radius 3 is 2.44 bits per heavy atom. The van der Waals surface area contributed by atoms with Crippen LogP contribution in [0, 0.1) is 0 Å².